The highest BCUT2D eigenvalue weighted by molar-refractivity contribution is 6.33. The van der Waals surface area contributed by atoms with Crippen LogP contribution in [0.2, 0.25) is 10.3 Å². The average molecular weight is 270 g/mol. The second-order valence-electron chi connectivity index (χ2n) is 3.77. The lowest BCUT2D eigenvalue weighted by Gasteiger charge is -2.29. The van der Waals surface area contributed by atoms with E-state index in [0.29, 0.717) is 17.4 Å². The number of hydrogen-bond donors (Lipinski definition) is 0. The molecule has 0 amide bonds. The van der Waals surface area contributed by atoms with Crippen molar-refractivity contribution >= 4 is 29.0 Å². The largest absolute Gasteiger partial charge is 0.346 e. The van der Waals surface area contributed by atoms with Gasteiger partial charge in [0.25, 0.3) is 0 Å². The lowest BCUT2D eigenvalue weighted by Crippen LogP contribution is -2.34. The molecule has 2 aromatic heterocycles. The van der Waals surface area contributed by atoms with Gasteiger partial charge in [-0.15, -0.1) is 0 Å². The van der Waals surface area contributed by atoms with E-state index in [2.05, 4.69) is 24.4 Å². The molecule has 0 bridgehead atoms. The molecule has 3 rings (SSSR count). The van der Waals surface area contributed by atoms with Crippen molar-refractivity contribution < 1.29 is 0 Å². The summed E-state index contributed by atoms with van der Waals surface area (Å²) in [7, 11) is 0. The van der Waals surface area contributed by atoms with Gasteiger partial charge in [-0.3, -0.25) is 0 Å². The van der Waals surface area contributed by atoms with E-state index in [-0.39, 0.29) is 5.28 Å². The second kappa shape index (κ2) is 4.16. The third-order valence-corrected chi connectivity index (χ3v) is 3.19. The Balaban J connectivity index is 1.94. The zero-order valence-electron chi connectivity index (χ0n) is 8.85. The summed E-state index contributed by atoms with van der Waals surface area (Å²) in [6.07, 6.45) is 5.29. The molecule has 0 radical (unpaired) electrons. The standard InChI is InChI=1S/C10H9Cl2N5/c11-7-5-14-10(12)15-9(7)17-4-3-16-2-1-13-8(16)6-17/h1-2,5H,3-4,6H2. The SMILES string of the molecule is Clc1ncc(Cl)c(N2CCn3ccnc3C2)n1. The Morgan fingerprint density at radius 1 is 1.18 bits per heavy atom. The van der Waals surface area contributed by atoms with Crippen LogP contribution in [0.1, 0.15) is 5.82 Å². The van der Waals surface area contributed by atoms with E-state index >= 15 is 0 Å². The van der Waals surface area contributed by atoms with Crippen LogP contribution >= 0.6 is 23.2 Å². The molecule has 1 aliphatic rings. The van der Waals surface area contributed by atoms with Crippen LogP contribution in [0, 0.1) is 0 Å². The molecule has 0 aromatic carbocycles. The Labute approximate surface area is 108 Å². The minimum Gasteiger partial charge on any atom is -0.346 e. The summed E-state index contributed by atoms with van der Waals surface area (Å²) < 4.78 is 2.12. The summed E-state index contributed by atoms with van der Waals surface area (Å²) in [5.74, 6) is 1.67. The average Bonchev–Trinajstić information content (AvgIpc) is 2.79. The van der Waals surface area contributed by atoms with Gasteiger partial charge in [0.1, 0.15) is 10.8 Å². The zero-order chi connectivity index (χ0) is 11.8. The van der Waals surface area contributed by atoms with Crippen molar-refractivity contribution in [2.24, 2.45) is 0 Å². The van der Waals surface area contributed by atoms with Crippen LogP contribution in [0.25, 0.3) is 0 Å². The number of aromatic nitrogens is 4. The molecule has 5 nitrogen and oxygen atoms in total. The summed E-state index contributed by atoms with van der Waals surface area (Å²) in [5, 5.41) is 0.715. The molecule has 0 fully saturated rings. The van der Waals surface area contributed by atoms with Crippen molar-refractivity contribution in [3.8, 4) is 0 Å². The van der Waals surface area contributed by atoms with E-state index < -0.39 is 0 Å². The fraction of sp³-hybridized carbons (Fsp3) is 0.300. The fourth-order valence-electron chi connectivity index (χ4n) is 1.91. The Morgan fingerprint density at radius 2 is 2.06 bits per heavy atom. The molecule has 0 spiro atoms. The minimum atomic E-state index is 0.207. The van der Waals surface area contributed by atoms with Crippen LogP contribution in [-0.4, -0.2) is 26.1 Å². The topological polar surface area (TPSA) is 46.8 Å². The highest BCUT2D eigenvalue weighted by atomic mass is 35.5. The van der Waals surface area contributed by atoms with Crippen LogP contribution in [0.15, 0.2) is 18.6 Å². The molecule has 1 aliphatic heterocycles. The van der Waals surface area contributed by atoms with Crippen molar-refractivity contribution in [2.75, 3.05) is 11.4 Å². The number of nitrogens with zero attached hydrogens (tertiary/aromatic N) is 5. The molecule has 3 heterocycles. The van der Waals surface area contributed by atoms with Gasteiger partial charge in [-0.1, -0.05) is 11.6 Å². The van der Waals surface area contributed by atoms with Gasteiger partial charge < -0.3 is 9.47 Å². The van der Waals surface area contributed by atoms with Gasteiger partial charge in [0, 0.05) is 25.5 Å². The maximum Gasteiger partial charge on any atom is 0.224 e. The van der Waals surface area contributed by atoms with Gasteiger partial charge >= 0.3 is 0 Å². The van der Waals surface area contributed by atoms with Crippen molar-refractivity contribution in [3.05, 3.63) is 34.7 Å². The maximum atomic E-state index is 6.08. The first-order valence-electron chi connectivity index (χ1n) is 5.17. The number of hydrogen-bond acceptors (Lipinski definition) is 4. The highest BCUT2D eigenvalue weighted by Crippen LogP contribution is 2.26. The Morgan fingerprint density at radius 3 is 2.94 bits per heavy atom. The molecule has 88 valence electrons. The van der Waals surface area contributed by atoms with Crippen molar-refractivity contribution in [2.45, 2.75) is 13.1 Å². The van der Waals surface area contributed by atoms with E-state index in [9.17, 15) is 0 Å². The first-order chi connectivity index (χ1) is 8.24. The molecular formula is C10H9Cl2N5. The summed E-state index contributed by atoms with van der Waals surface area (Å²) in [6.45, 7) is 2.38. The van der Waals surface area contributed by atoms with E-state index in [1.54, 1.807) is 6.20 Å². The van der Waals surface area contributed by atoms with E-state index in [1.807, 2.05) is 6.20 Å². The number of halogens is 2. The molecule has 7 heteroatoms. The predicted molar refractivity (Wildman–Crippen MR) is 65.3 cm³/mol. The Bertz CT molecular complexity index is 553. The lowest BCUT2D eigenvalue weighted by molar-refractivity contribution is 0.556. The van der Waals surface area contributed by atoms with Crippen LogP contribution in [0.4, 0.5) is 5.82 Å². The third kappa shape index (κ3) is 1.96. The van der Waals surface area contributed by atoms with Crippen molar-refractivity contribution in [1.29, 1.82) is 0 Å². The van der Waals surface area contributed by atoms with Gasteiger partial charge in [-0.2, -0.15) is 4.98 Å². The zero-order valence-corrected chi connectivity index (χ0v) is 10.4. The first-order valence-corrected chi connectivity index (χ1v) is 5.92. The molecule has 0 N–H and O–H groups in total. The number of fused-ring (bicyclic) bond motifs is 1. The van der Waals surface area contributed by atoms with Crippen molar-refractivity contribution in [3.63, 3.8) is 0 Å². The van der Waals surface area contributed by atoms with E-state index in [4.69, 9.17) is 23.2 Å². The first kappa shape index (κ1) is 10.8. The van der Waals surface area contributed by atoms with Gasteiger partial charge in [-0.05, 0) is 11.6 Å². The fourth-order valence-corrected chi connectivity index (χ4v) is 2.25. The summed E-state index contributed by atoms with van der Waals surface area (Å²) >= 11 is 11.9. The molecule has 0 atom stereocenters. The van der Waals surface area contributed by atoms with Gasteiger partial charge in [0.2, 0.25) is 5.28 Å². The molecule has 17 heavy (non-hydrogen) atoms. The summed E-state index contributed by atoms with van der Waals surface area (Å²) in [6, 6.07) is 0. The molecule has 0 saturated carbocycles. The quantitative estimate of drug-likeness (QED) is 0.743. The third-order valence-electron chi connectivity index (χ3n) is 2.74. The van der Waals surface area contributed by atoms with Crippen LogP contribution in [-0.2, 0) is 13.1 Å². The number of rotatable bonds is 1. The molecule has 2 aromatic rings. The molecular weight excluding hydrogens is 261 g/mol. The smallest absolute Gasteiger partial charge is 0.224 e. The van der Waals surface area contributed by atoms with E-state index in [0.717, 1.165) is 18.9 Å². The van der Waals surface area contributed by atoms with Crippen LogP contribution in [0.5, 0.6) is 0 Å². The van der Waals surface area contributed by atoms with Gasteiger partial charge in [0.15, 0.2) is 5.82 Å². The normalized spacial score (nSPS) is 14.8. The molecule has 0 unspecified atom stereocenters. The molecule has 0 saturated heterocycles. The Kier molecular flexibility index (Phi) is 2.64. The van der Waals surface area contributed by atoms with E-state index in [1.165, 1.54) is 6.20 Å². The van der Waals surface area contributed by atoms with Crippen molar-refractivity contribution in [1.82, 2.24) is 19.5 Å². The highest BCUT2D eigenvalue weighted by Gasteiger charge is 2.20. The van der Waals surface area contributed by atoms with Gasteiger partial charge in [0.05, 0.1) is 12.7 Å². The second-order valence-corrected chi connectivity index (χ2v) is 4.51. The Hall–Kier alpha value is -1.33. The van der Waals surface area contributed by atoms with Crippen LogP contribution in [0.3, 0.4) is 0 Å². The molecule has 0 aliphatic carbocycles. The number of imidazole rings is 1. The minimum absolute atomic E-state index is 0.207. The number of anilines is 1. The monoisotopic (exact) mass is 269 g/mol. The summed E-state index contributed by atoms with van der Waals surface area (Å²) in [4.78, 5) is 14.3. The van der Waals surface area contributed by atoms with Gasteiger partial charge in [-0.25, -0.2) is 9.97 Å². The maximum absolute atomic E-state index is 6.08. The van der Waals surface area contributed by atoms with Crippen LogP contribution < -0.4 is 4.90 Å². The lowest BCUT2D eigenvalue weighted by atomic mass is 10.3. The predicted octanol–water partition coefficient (Wildman–Crippen LogP) is 2.00. The summed E-state index contributed by atoms with van der Waals surface area (Å²) in [5.41, 5.74) is 0.